The molecule has 0 unspecified atom stereocenters. The topological polar surface area (TPSA) is 49.9 Å². The zero-order valence-electron chi connectivity index (χ0n) is 15.5. The van der Waals surface area contributed by atoms with Crippen molar-refractivity contribution in [1.82, 2.24) is 4.90 Å². The number of hydrogen-bond donors (Lipinski definition) is 0. The Morgan fingerprint density at radius 2 is 1.63 bits per heavy atom. The van der Waals surface area contributed by atoms with E-state index in [1.807, 2.05) is 61.5 Å². The quantitative estimate of drug-likeness (QED) is 0.828. The minimum Gasteiger partial charge on any atom is -0.457 e. The average molecular weight is 364 g/mol. The van der Waals surface area contributed by atoms with Crippen molar-refractivity contribution in [2.45, 2.75) is 32.2 Å². The van der Waals surface area contributed by atoms with Gasteiger partial charge in [0, 0.05) is 24.7 Å². The van der Waals surface area contributed by atoms with E-state index in [2.05, 4.69) is 0 Å². The Hall–Kier alpha value is -2.82. The molecule has 0 aromatic heterocycles. The fourth-order valence-corrected chi connectivity index (χ4v) is 3.64. The van der Waals surface area contributed by atoms with Gasteiger partial charge in [-0.25, -0.2) is 0 Å². The van der Waals surface area contributed by atoms with Gasteiger partial charge in [-0.2, -0.15) is 0 Å². The van der Waals surface area contributed by atoms with Gasteiger partial charge in [0.05, 0.1) is 0 Å². The van der Waals surface area contributed by atoms with Gasteiger partial charge in [0.1, 0.15) is 17.5 Å². The first kappa shape index (κ1) is 17.6. The van der Waals surface area contributed by atoms with E-state index in [4.69, 9.17) is 4.74 Å². The maximum Gasteiger partial charge on any atom is 0.249 e. The molecule has 2 amide bonds. The van der Waals surface area contributed by atoms with Crippen LogP contribution in [0.1, 0.15) is 26.2 Å². The number of carbonyl (C=O) groups is 2. The molecular formula is C22H24N2O3. The Labute approximate surface area is 159 Å². The van der Waals surface area contributed by atoms with Crippen LogP contribution in [0.5, 0.6) is 11.5 Å². The predicted molar refractivity (Wildman–Crippen MR) is 104 cm³/mol. The lowest BCUT2D eigenvalue weighted by Crippen LogP contribution is -2.59. The smallest absolute Gasteiger partial charge is 0.249 e. The van der Waals surface area contributed by atoms with Crippen molar-refractivity contribution in [3.05, 3.63) is 54.6 Å². The normalized spacial score (nSPS) is 20.3. The van der Waals surface area contributed by atoms with Crippen molar-refractivity contribution >= 4 is 17.5 Å². The van der Waals surface area contributed by atoms with Gasteiger partial charge in [-0.1, -0.05) is 24.6 Å². The van der Waals surface area contributed by atoms with E-state index < -0.39 is 6.04 Å². The number of anilines is 1. The molecule has 140 valence electrons. The second-order valence-corrected chi connectivity index (χ2v) is 7.23. The van der Waals surface area contributed by atoms with Gasteiger partial charge in [0.2, 0.25) is 11.8 Å². The molecule has 0 spiro atoms. The standard InChI is InChI=1S/C22H24N2O3/c1-16-21(25)24(15-14-23(16)22(26)17-6-5-7-17)18-10-12-20(13-11-18)27-19-8-3-2-4-9-19/h2-4,8-13,16-17H,5-7,14-15H2,1H3/t16-/m1/s1. The highest BCUT2D eigenvalue weighted by molar-refractivity contribution is 6.00. The molecule has 5 heteroatoms. The summed E-state index contributed by atoms with van der Waals surface area (Å²) in [5.74, 6) is 1.75. The molecule has 2 aromatic carbocycles. The van der Waals surface area contributed by atoms with Gasteiger partial charge in [-0.15, -0.1) is 0 Å². The van der Waals surface area contributed by atoms with E-state index in [0.29, 0.717) is 13.1 Å². The van der Waals surface area contributed by atoms with Crippen molar-refractivity contribution in [3.8, 4) is 11.5 Å². The first-order valence-electron chi connectivity index (χ1n) is 9.58. The summed E-state index contributed by atoms with van der Waals surface area (Å²) in [5.41, 5.74) is 0.836. The maximum absolute atomic E-state index is 12.8. The summed E-state index contributed by atoms with van der Waals surface area (Å²) in [6, 6.07) is 16.7. The number of benzene rings is 2. The van der Waals surface area contributed by atoms with E-state index >= 15 is 0 Å². The lowest BCUT2D eigenvalue weighted by Gasteiger charge is -2.41. The number of ether oxygens (including phenoxy) is 1. The van der Waals surface area contributed by atoms with Gasteiger partial charge < -0.3 is 14.5 Å². The summed E-state index contributed by atoms with van der Waals surface area (Å²) in [4.78, 5) is 28.9. The largest absolute Gasteiger partial charge is 0.457 e. The Kier molecular flexibility index (Phi) is 4.84. The van der Waals surface area contributed by atoms with Crippen LogP contribution in [0.15, 0.2) is 54.6 Å². The number of carbonyl (C=O) groups excluding carboxylic acids is 2. The molecule has 27 heavy (non-hydrogen) atoms. The SMILES string of the molecule is C[C@@H]1C(=O)N(c2ccc(Oc3ccccc3)cc2)CCN1C(=O)C1CCC1. The molecule has 2 aromatic rings. The summed E-state index contributed by atoms with van der Waals surface area (Å²) in [7, 11) is 0. The van der Waals surface area contributed by atoms with Crippen LogP contribution in [0.25, 0.3) is 0 Å². The number of para-hydroxylation sites is 1. The summed E-state index contributed by atoms with van der Waals surface area (Å²) >= 11 is 0. The van der Waals surface area contributed by atoms with Crippen LogP contribution >= 0.6 is 0 Å². The minimum absolute atomic E-state index is 0.0225. The fraction of sp³-hybridized carbons (Fsp3) is 0.364. The van der Waals surface area contributed by atoms with Gasteiger partial charge in [-0.3, -0.25) is 9.59 Å². The highest BCUT2D eigenvalue weighted by atomic mass is 16.5. The Morgan fingerprint density at radius 1 is 0.963 bits per heavy atom. The third-order valence-electron chi connectivity index (χ3n) is 5.52. The van der Waals surface area contributed by atoms with E-state index in [-0.39, 0.29) is 17.7 Å². The van der Waals surface area contributed by atoms with Crippen LogP contribution in [-0.4, -0.2) is 35.8 Å². The van der Waals surface area contributed by atoms with Crippen LogP contribution in [0.2, 0.25) is 0 Å². The predicted octanol–water partition coefficient (Wildman–Crippen LogP) is 3.84. The van der Waals surface area contributed by atoms with Crippen LogP contribution in [0.3, 0.4) is 0 Å². The van der Waals surface area contributed by atoms with Crippen molar-refractivity contribution < 1.29 is 14.3 Å². The minimum atomic E-state index is -0.410. The van der Waals surface area contributed by atoms with Crippen molar-refractivity contribution in [1.29, 1.82) is 0 Å². The number of piperazine rings is 1. The van der Waals surface area contributed by atoms with Crippen LogP contribution in [0, 0.1) is 5.92 Å². The molecule has 4 rings (SSSR count). The van der Waals surface area contributed by atoms with E-state index in [0.717, 1.165) is 36.4 Å². The Morgan fingerprint density at radius 3 is 2.26 bits per heavy atom. The molecule has 1 atom stereocenters. The average Bonchev–Trinajstić information content (AvgIpc) is 2.64. The zero-order chi connectivity index (χ0) is 18.8. The molecule has 2 aliphatic rings. The molecule has 2 fully saturated rings. The molecule has 1 aliphatic heterocycles. The highest BCUT2D eigenvalue weighted by Crippen LogP contribution is 2.31. The first-order valence-corrected chi connectivity index (χ1v) is 9.58. The molecule has 0 N–H and O–H groups in total. The molecular weight excluding hydrogens is 340 g/mol. The second-order valence-electron chi connectivity index (χ2n) is 7.23. The number of rotatable bonds is 4. The third kappa shape index (κ3) is 3.54. The van der Waals surface area contributed by atoms with E-state index in [1.54, 1.807) is 9.80 Å². The number of nitrogens with zero attached hydrogens (tertiary/aromatic N) is 2. The van der Waals surface area contributed by atoms with Gasteiger partial charge in [0.15, 0.2) is 0 Å². The van der Waals surface area contributed by atoms with Gasteiger partial charge in [0.25, 0.3) is 0 Å². The van der Waals surface area contributed by atoms with E-state index in [9.17, 15) is 9.59 Å². The lowest BCUT2D eigenvalue weighted by atomic mass is 9.84. The number of amides is 2. The molecule has 0 radical (unpaired) electrons. The monoisotopic (exact) mass is 364 g/mol. The van der Waals surface area contributed by atoms with Crippen LogP contribution < -0.4 is 9.64 Å². The highest BCUT2D eigenvalue weighted by Gasteiger charge is 2.38. The summed E-state index contributed by atoms with van der Waals surface area (Å²) in [6.45, 7) is 2.95. The van der Waals surface area contributed by atoms with Crippen molar-refractivity contribution in [2.75, 3.05) is 18.0 Å². The molecule has 1 saturated heterocycles. The summed E-state index contributed by atoms with van der Waals surface area (Å²) in [5, 5.41) is 0. The second kappa shape index (κ2) is 7.43. The fourth-order valence-electron chi connectivity index (χ4n) is 3.64. The van der Waals surface area contributed by atoms with Crippen LogP contribution in [-0.2, 0) is 9.59 Å². The van der Waals surface area contributed by atoms with Crippen molar-refractivity contribution in [2.24, 2.45) is 5.92 Å². The maximum atomic E-state index is 12.8. The van der Waals surface area contributed by atoms with Crippen LogP contribution in [0.4, 0.5) is 5.69 Å². The van der Waals surface area contributed by atoms with E-state index in [1.165, 1.54) is 0 Å². The van der Waals surface area contributed by atoms with Crippen molar-refractivity contribution in [3.63, 3.8) is 0 Å². The zero-order valence-corrected chi connectivity index (χ0v) is 15.5. The lowest BCUT2D eigenvalue weighted by molar-refractivity contribution is -0.146. The summed E-state index contributed by atoms with van der Waals surface area (Å²) in [6.07, 6.45) is 3.04. The molecule has 1 aliphatic carbocycles. The van der Waals surface area contributed by atoms with Gasteiger partial charge >= 0.3 is 0 Å². The molecule has 5 nitrogen and oxygen atoms in total. The number of hydrogen-bond acceptors (Lipinski definition) is 3. The molecule has 1 saturated carbocycles. The Bertz CT molecular complexity index is 815. The molecule has 1 heterocycles. The first-order chi connectivity index (χ1) is 13.1. The van der Waals surface area contributed by atoms with Gasteiger partial charge in [-0.05, 0) is 56.2 Å². The summed E-state index contributed by atoms with van der Waals surface area (Å²) < 4.78 is 5.81. The Balaban J connectivity index is 1.43. The molecule has 0 bridgehead atoms. The third-order valence-corrected chi connectivity index (χ3v) is 5.52.